The fourth-order valence-corrected chi connectivity index (χ4v) is 3.82. The number of hydrogen-bond donors (Lipinski definition) is 4. The predicted octanol–water partition coefficient (Wildman–Crippen LogP) is 3.54. The molecule has 1 aromatic heterocycles. The van der Waals surface area contributed by atoms with Gasteiger partial charge in [0.15, 0.2) is 0 Å². The Balaban J connectivity index is 1.53. The molecule has 186 valence electrons. The van der Waals surface area contributed by atoms with Crippen molar-refractivity contribution in [1.29, 1.82) is 0 Å². The zero-order chi connectivity index (χ0) is 25.5. The molecule has 0 radical (unpaired) electrons. The summed E-state index contributed by atoms with van der Waals surface area (Å²) in [5.74, 6) is -1.88. The zero-order valence-corrected chi connectivity index (χ0v) is 20.0. The number of nitrogens with one attached hydrogen (secondary N) is 4. The minimum atomic E-state index is -0.499. The number of anilines is 1. The summed E-state index contributed by atoms with van der Waals surface area (Å²) in [6.07, 6.45) is 4.01. The van der Waals surface area contributed by atoms with Gasteiger partial charge in [0.2, 0.25) is 0 Å². The largest absolute Gasteiger partial charge is 0.358 e. The highest BCUT2D eigenvalue weighted by Crippen LogP contribution is 2.34. The van der Waals surface area contributed by atoms with Gasteiger partial charge in [-0.15, -0.1) is 0 Å². The predicted molar refractivity (Wildman–Crippen MR) is 128 cm³/mol. The Morgan fingerprint density at radius 2 is 1.91 bits per heavy atom. The average Bonchev–Trinajstić information content (AvgIpc) is 3.28. The van der Waals surface area contributed by atoms with Crippen molar-refractivity contribution in [3.05, 3.63) is 52.1 Å². The molecule has 0 spiro atoms. The van der Waals surface area contributed by atoms with Crippen molar-refractivity contribution >= 4 is 41.0 Å². The topological polar surface area (TPSA) is 129 Å². The van der Waals surface area contributed by atoms with Crippen LogP contribution in [0.1, 0.15) is 71.9 Å². The van der Waals surface area contributed by atoms with Gasteiger partial charge in [-0.05, 0) is 56.5 Å². The summed E-state index contributed by atoms with van der Waals surface area (Å²) in [6.45, 7) is 5.62. The summed E-state index contributed by atoms with van der Waals surface area (Å²) in [5.41, 5.74) is 5.88. The van der Waals surface area contributed by atoms with Gasteiger partial charge in [0, 0.05) is 42.0 Å². The van der Waals surface area contributed by atoms with Crippen LogP contribution >= 0.6 is 0 Å². The van der Waals surface area contributed by atoms with Crippen LogP contribution in [0.2, 0.25) is 0 Å². The van der Waals surface area contributed by atoms with Crippen molar-refractivity contribution in [2.45, 2.75) is 52.9 Å². The minimum Gasteiger partial charge on any atom is -0.358 e. The summed E-state index contributed by atoms with van der Waals surface area (Å²) in [5, 5.41) is 5.59. The maximum atomic E-state index is 13.7. The molecule has 4 N–H and O–H groups in total. The number of aromatic nitrogens is 1. The smallest absolute Gasteiger partial charge is 0.331 e. The molecular formula is C25H29FN4O5. The minimum absolute atomic E-state index is 0.183. The van der Waals surface area contributed by atoms with Crippen LogP contribution in [0.15, 0.2) is 18.2 Å². The van der Waals surface area contributed by atoms with Crippen molar-refractivity contribution < 1.29 is 28.4 Å². The van der Waals surface area contributed by atoms with Crippen molar-refractivity contribution in [3.63, 3.8) is 0 Å². The average molecular weight is 485 g/mol. The van der Waals surface area contributed by atoms with Crippen LogP contribution in [0, 0.1) is 19.7 Å². The van der Waals surface area contributed by atoms with Gasteiger partial charge in [0.05, 0.1) is 11.1 Å². The normalized spacial score (nSPS) is 13.4. The van der Waals surface area contributed by atoms with Gasteiger partial charge in [-0.3, -0.25) is 14.4 Å². The second-order valence-electron chi connectivity index (χ2n) is 8.29. The molecule has 9 nitrogen and oxygen atoms in total. The highest BCUT2D eigenvalue weighted by Gasteiger charge is 2.26. The number of amides is 3. The quantitative estimate of drug-likeness (QED) is 0.246. The second-order valence-corrected chi connectivity index (χ2v) is 8.29. The SMILES string of the molecule is CCC(=O)ONC(=O)CCCCCNC(=O)c1c(C)[nH]c(/C=C2\C(=O)Nc3ccc(F)cc32)c1C. The van der Waals surface area contributed by atoms with Crippen LogP contribution < -0.4 is 16.1 Å². The third-order valence-corrected chi connectivity index (χ3v) is 5.69. The molecule has 0 atom stereocenters. The fraction of sp³-hybridized carbons (Fsp3) is 0.360. The molecule has 0 bridgehead atoms. The standard InChI is InChI=1S/C25H29FN4O5/c1-4-22(32)35-30-21(31)8-6-5-7-11-27-25(34)23-14(2)20(28-15(23)3)13-18-17-12-16(26)9-10-19(17)29-24(18)33/h9-10,12-13,28H,4-8,11H2,1-3H3,(H,27,34)(H,29,33)(H,30,31)/b18-13-. The van der Waals surface area contributed by atoms with E-state index in [9.17, 15) is 23.6 Å². The second kappa shape index (κ2) is 11.5. The molecule has 2 aromatic rings. The Kier molecular flexibility index (Phi) is 8.40. The Labute approximate surface area is 202 Å². The van der Waals surface area contributed by atoms with E-state index in [0.717, 1.165) is 0 Å². The maximum Gasteiger partial charge on any atom is 0.331 e. The number of aryl methyl sites for hydroxylation is 1. The van der Waals surface area contributed by atoms with E-state index < -0.39 is 11.8 Å². The van der Waals surface area contributed by atoms with Crippen LogP contribution in [0.4, 0.5) is 10.1 Å². The summed E-state index contributed by atoms with van der Waals surface area (Å²) >= 11 is 0. The van der Waals surface area contributed by atoms with Gasteiger partial charge in [-0.1, -0.05) is 13.3 Å². The molecule has 0 aliphatic carbocycles. The maximum absolute atomic E-state index is 13.7. The van der Waals surface area contributed by atoms with Crippen LogP contribution in [0.25, 0.3) is 11.6 Å². The molecule has 2 heterocycles. The number of rotatable bonds is 9. The van der Waals surface area contributed by atoms with Crippen LogP contribution in [0.3, 0.4) is 0 Å². The monoisotopic (exact) mass is 484 g/mol. The van der Waals surface area contributed by atoms with Gasteiger partial charge < -0.3 is 20.5 Å². The lowest BCUT2D eigenvalue weighted by atomic mass is 10.0. The number of hydrogen-bond acceptors (Lipinski definition) is 5. The number of H-pyrrole nitrogens is 1. The Morgan fingerprint density at radius 3 is 2.66 bits per heavy atom. The molecule has 0 saturated heterocycles. The van der Waals surface area contributed by atoms with Crippen molar-refractivity contribution in [1.82, 2.24) is 15.8 Å². The van der Waals surface area contributed by atoms with Crippen LogP contribution in [-0.2, 0) is 19.2 Å². The summed E-state index contributed by atoms with van der Waals surface area (Å²) in [7, 11) is 0. The van der Waals surface area contributed by atoms with Gasteiger partial charge >= 0.3 is 5.97 Å². The van der Waals surface area contributed by atoms with Gasteiger partial charge in [0.25, 0.3) is 17.7 Å². The number of benzene rings is 1. The molecule has 10 heteroatoms. The fourth-order valence-electron chi connectivity index (χ4n) is 3.82. The van der Waals surface area contributed by atoms with E-state index >= 15 is 0 Å². The highest BCUT2D eigenvalue weighted by molar-refractivity contribution is 6.34. The Hall–Kier alpha value is -3.95. The Bertz CT molecular complexity index is 1180. The lowest BCUT2D eigenvalue weighted by Gasteiger charge is -2.07. The summed E-state index contributed by atoms with van der Waals surface area (Å²) in [6, 6.07) is 4.11. The van der Waals surface area contributed by atoms with Gasteiger partial charge in [-0.2, -0.15) is 5.48 Å². The van der Waals surface area contributed by atoms with Crippen LogP contribution in [0.5, 0.6) is 0 Å². The first-order valence-electron chi connectivity index (χ1n) is 11.5. The van der Waals surface area contributed by atoms with E-state index in [-0.39, 0.29) is 30.6 Å². The van der Waals surface area contributed by atoms with Gasteiger partial charge in [-0.25, -0.2) is 9.18 Å². The first-order valence-corrected chi connectivity index (χ1v) is 11.5. The zero-order valence-electron chi connectivity index (χ0n) is 20.0. The highest BCUT2D eigenvalue weighted by atomic mass is 19.1. The Morgan fingerprint density at radius 1 is 1.14 bits per heavy atom. The lowest BCUT2D eigenvalue weighted by Crippen LogP contribution is -2.27. The van der Waals surface area contributed by atoms with E-state index in [1.54, 1.807) is 26.8 Å². The number of carbonyl (C=O) groups is 4. The summed E-state index contributed by atoms with van der Waals surface area (Å²) < 4.78 is 13.7. The van der Waals surface area contributed by atoms with E-state index in [1.165, 1.54) is 18.2 Å². The van der Waals surface area contributed by atoms with Crippen molar-refractivity contribution in [3.8, 4) is 0 Å². The summed E-state index contributed by atoms with van der Waals surface area (Å²) in [4.78, 5) is 55.5. The molecule has 35 heavy (non-hydrogen) atoms. The number of aromatic amines is 1. The molecule has 1 aliphatic rings. The number of unbranched alkanes of at least 4 members (excludes halogenated alkanes) is 2. The van der Waals surface area contributed by atoms with E-state index in [0.29, 0.717) is 65.1 Å². The molecule has 1 aliphatic heterocycles. The lowest BCUT2D eigenvalue weighted by molar-refractivity contribution is -0.158. The van der Waals surface area contributed by atoms with Gasteiger partial charge in [0.1, 0.15) is 5.82 Å². The molecule has 3 rings (SSSR count). The number of hydroxylamine groups is 1. The molecular weight excluding hydrogens is 455 g/mol. The third kappa shape index (κ3) is 6.34. The van der Waals surface area contributed by atoms with Crippen LogP contribution in [-0.4, -0.2) is 35.2 Å². The van der Waals surface area contributed by atoms with E-state index in [1.807, 2.05) is 0 Å². The van der Waals surface area contributed by atoms with E-state index in [4.69, 9.17) is 0 Å². The first kappa shape index (κ1) is 25.7. The molecule has 0 fully saturated rings. The van der Waals surface area contributed by atoms with Crippen molar-refractivity contribution in [2.24, 2.45) is 0 Å². The molecule has 0 saturated carbocycles. The molecule has 0 unspecified atom stereocenters. The third-order valence-electron chi connectivity index (χ3n) is 5.69. The molecule has 1 aromatic carbocycles. The first-order chi connectivity index (χ1) is 16.7. The van der Waals surface area contributed by atoms with E-state index in [2.05, 4.69) is 25.9 Å². The molecule has 3 amide bonds. The number of halogens is 1. The van der Waals surface area contributed by atoms with Crippen molar-refractivity contribution in [2.75, 3.05) is 11.9 Å². The number of carbonyl (C=O) groups excluding carboxylic acids is 4. The number of fused-ring (bicyclic) bond motifs is 1.